The zero-order valence-corrected chi connectivity index (χ0v) is 24.3. The molecule has 0 bridgehead atoms. The molecule has 3 nitrogen and oxygen atoms in total. The van der Waals surface area contributed by atoms with Gasteiger partial charge in [0.25, 0.3) is 0 Å². The number of hydrogen-bond donors (Lipinski definition) is 0. The van der Waals surface area contributed by atoms with E-state index in [1.165, 1.54) is 57.4 Å². The summed E-state index contributed by atoms with van der Waals surface area (Å²) in [4.78, 5) is 0. The average Bonchev–Trinajstić information content (AvgIpc) is 2.74. The molecule has 0 aliphatic rings. The Hall–Kier alpha value is 0.169. The Morgan fingerprint density at radius 1 is 0.800 bits per heavy atom. The average molecular weight is 545 g/mol. The normalized spacial score (nSPS) is 14.6. The summed E-state index contributed by atoms with van der Waals surface area (Å²) in [5, 5.41) is 0. The molecule has 30 heavy (non-hydrogen) atoms. The Kier molecular flexibility index (Phi) is 13.5. The van der Waals surface area contributed by atoms with Crippen molar-refractivity contribution in [1.82, 2.24) is 0 Å². The van der Waals surface area contributed by atoms with Crippen LogP contribution in [0.1, 0.15) is 85.6 Å². The van der Waals surface area contributed by atoms with Gasteiger partial charge in [0.2, 0.25) is 0 Å². The quantitative estimate of drug-likeness (QED) is 0.145. The van der Waals surface area contributed by atoms with Crippen LogP contribution in [0.5, 0.6) is 0 Å². The van der Waals surface area contributed by atoms with E-state index in [2.05, 4.69) is 58.0 Å². The van der Waals surface area contributed by atoms with Gasteiger partial charge in [0, 0.05) is 0 Å². The van der Waals surface area contributed by atoms with Crippen molar-refractivity contribution in [2.45, 2.75) is 103 Å². The second kappa shape index (κ2) is 14.3. The van der Waals surface area contributed by atoms with E-state index in [0.29, 0.717) is 13.2 Å². The third-order valence-corrected chi connectivity index (χ3v) is 33.1. The number of unbranched alkanes of at least 4 members (excludes halogenated alkanes) is 3. The van der Waals surface area contributed by atoms with Gasteiger partial charge in [0.1, 0.15) is 0 Å². The molecular formula is C25H47O3PSn. The van der Waals surface area contributed by atoms with Crippen LogP contribution in [0.25, 0.3) is 0 Å². The van der Waals surface area contributed by atoms with Crippen LogP contribution < -0.4 is 0 Å². The molecule has 0 spiro atoms. The molecule has 174 valence electrons. The maximum atomic E-state index is 14.6. The summed E-state index contributed by atoms with van der Waals surface area (Å²) in [6.45, 7) is 14.0. The molecule has 0 radical (unpaired) electrons. The molecule has 0 heterocycles. The zero-order chi connectivity index (χ0) is 22.5. The van der Waals surface area contributed by atoms with Crippen LogP contribution in [-0.2, 0) is 20.0 Å². The van der Waals surface area contributed by atoms with Crippen LogP contribution in [0, 0.1) is 0 Å². The Balaban J connectivity index is 3.67. The van der Waals surface area contributed by atoms with E-state index in [1.807, 2.05) is 13.8 Å². The summed E-state index contributed by atoms with van der Waals surface area (Å²) < 4.78 is 30.4. The minimum absolute atomic E-state index is 0.353. The van der Waals surface area contributed by atoms with E-state index in [9.17, 15) is 4.57 Å². The van der Waals surface area contributed by atoms with Gasteiger partial charge in [-0.3, -0.25) is 0 Å². The third-order valence-electron chi connectivity index (χ3n) is 6.76. The Morgan fingerprint density at radius 2 is 1.23 bits per heavy atom. The van der Waals surface area contributed by atoms with Crippen LogP contribution in [0.2, 0.25) is 13.3 Å². The monoisotopic (exact) mass is 546 g/mol. The van der Waals surface area contributed by atoms with Gasteiger partial charge >= 0.3 is 192 Å². The first kappa shape index (κ1) is 28.2. The zero-order valence-electron chi connectivity index (χ0n) is 20.5. The number of hydrogen-bond acceptors (Lipinski definition) is 3. The van der Waals surface area contributed by atoms with Crippen molar-refractivity contribution in [3.05, 3.63) is 35.9 Å². The molecule has 0 fully saturated rings. The van der Waals surface area contributed by atoms with Crippen molar-refractivity contribution in [1.29, 1.82) is 0 Å². The first-order valence-corrected chi connectivity index (χ1v) is 21.3. The molecule has 0 aliphatic carbocycles. The molecule has 0 saturated heterocycles. The van der Waals surface area contributed by atoms with Crippen molar-refractivity contribution >= 4 is 26.0 Å². The van der Waals surface area contributed by atoms with Crippen molar-refractivity contribution < 1.29 is 13.6 Å². The van der Waals surface area contributed by atoms with E-state index in [0.717, 1.165) is 6.42 Å². The van der Waals surface area contributed by atoms with Crippen LogP contribution in [0.3, 0.4) is 0 Å². The Bertz CT molecular complexity index is 590. The Morgan fingerprint density at radius 3 is 1.60 bits per heavy atom. The van der Waals surface area contributed by atoms with Crippen LogP contribution >= 0.6 is 7.60 Å². The molecule has 0 saturated carbocycles. The summed E-state index contributed by atoms with van der Waals surface area (Å²) in [5.41, 5.74) is 1.27. The molecular weight excluding hydrogens is 498 g/mol. The molecule has 1 unspecified atom stereocenters. The fraction of sp³-hybridized carbons (Fsp3) is 0.760. The number of benzene rings is 1. The molecule has 1 aromatic carbocycles. The van der Waals surface area contributed by atoms with E-state index in [1.54, 1.807) is 0 Å². The minimum atomic E-state index is -3.26. The van der Waals surface area contributed by atoms with Gasteiger partial charge in [-0.05, 0) is 0 Å². The Labute approximate surface area is 191 Å². The van der Waals surface area contributed by atoms with Crippen LogP contribution in [0.15, 0.2) is 30.3 Å². The SMILES string of the molecule is CCC[CH2][Sn]([CH2]CCC)([CH2]CCC)[C](C)(Cc1ccccc1)P(=O)(OCC)OCC. The summed E-state index contributed by atoms with van der Waals surface area (Å²) in [5.74, 6) is 0. The summed E-state index contributed by atoms with van der Waals surface area (Å²) in [6.07, 6.45) is 8.15. The van der Waals surface area contributed by atoms with Gasteiger partial charge in [-0.1, -0.05) is 0 Å². The first-order valence-electron chi connectivity index (χ1n) is 12.3. The molecule has 1 rings (SSSR count). The summed E-state index contributed by atoms with van der Waals surface area (Å²) >= 11 is -3.02. The third kappa shape index (κ3) is 7.09. The topological polar surface area (TPSA) is 35.5 Å². The van der Waals surface area contributed by atoms with E-state index in [4.69, 9.17) is 9.05 Å². The molecule has 1 aromatic rings. The van der Waals surface area contributed by atoms with Gasteiger partial charge in [-0.2, -0.15) is 0 Å². The van der Waals surface area contributed by atoms with Gasteiger partial charge in [-0.15, -0.1) is 0 Å². The number of rotatable bonds is 17. The van der Waals surface area contributed by atoms with Gasteiger partial charge in [-0.25, -0.2) is 0 Å². The molecule has 0 N–H and O–H groups in total. The van der Waals surface area contributed by atoms with Gasteiger partial charge < -0.3 is 0 Å². The van der Waals surface area contributed by atoms with Crippen molar-refractivity contribution in [2.24, 2.45) is 0 Å². The van der Waals surface area contributed by atoms with E-state index >= 15 is 0 Å². The van der Waals surface area contributed by atoms with E-state index in [-0.39, 0.29) is 3.17 Å². The molecule has 0 aromatic heterocycles. The fourth-order valence-electron chi connectivity index (χ4n) is 4.96. The summed E-state index contributed by atoms with van der Waals surface area (Å²) in [7, 11) is -3.26. The van der Waals surface area contributed by atoms with Gasteiger partial charge in [0.15, 0.2) is 0 Å². The maximum absolute atomic E-state index is 14.6. The first-order chi connectivity index (χ1) is 14.4. The van der Waals surface area contributed by atoms with Gasteiger partial charge in [0.05, 0.1) is 0 Å². The molecule has 5 heteroatoms. The van der Waals surface area contributed by atoms with Crippen molar-refractivity contribution in [3.8, 4) is 0 Å². The van der Waals surface area contributed by atoms with Crippen molar-refractivity contribution in [2.75, 3.05) is 13.2 Å². The summed E-state index contributed by atoms with van der Waals surface area (Å²) in [6, 6.07) is 10.6. The van der Waals surface area contributed by atoms with Crippen LogP contribution in [-0.4, -0.2) is 34.8 Å². The fourth-order valence-corrected chi connectivity index (χ4v) is 32.8. The second-order valence-electron chi connectivity index (χ2n) is 8.86. The molecule has 0 amide bonds. The molecule has 1 atom stereocenters. The predicted octanol–water partition coefficient (Wildman–Crippen LogP) is 8.64. The molecule has 0 aliphatic heterocycles. The second-order valence-corrected chi connectivity index (χ2v) is 27.3. The predicted molar refractivity (Wildman–Crippen MR) is 134 cm³/mol. The van der Waals surface area contributed by atoms with Crippen molar-refractivity contribution in [3.63, 3.8) is 0 Å². The standard InChI is InChI=1S/C13H20O3P.3C4H9.Sn/c1-4-15-17(14,16-5-2)12(3)11-13-9-7-6-8-10-13;3*1-3-4-2;/h6-10H,4-5,11H2,1-3H3;3*1,3-4H2,2H3;. The van der Waals surface area contributed by atoms with Crippen LogP contribution in [0.4, 0.5) is 0 Å². The van der Waals surface area contributed by atoms with E-state index < -0.39 is 26.0 Å².